The third kappa shape index (κ3) is 1.64. The van der Waals surface area contributed by atoms with Gasteiger partial charge in [0, 0.05) is 18.0 Å². The predicted octanol–water partition coefficient (Wildman–Crippen LogP) is 2.44. The normalized spacial score (nSPS) is 10.2. The molecular formula is C8H6ClN3S. The lowest BCUT2D eigenvalue weighted by molar-refractivity contribution is 1.19. The van der Waals surface area contributed by atoms with Crippen LogP contribution < -0.4 is 5.73 Å². The van der Waals surface area contributed by atoms with Crippen molar-refractivity contribution in [2.75, 3.05) is 5.73 Å². The SMILES string of the molecule is Nc1ncc(-c2sccc2Cl)cn1. The van der Waals surface area contributed by atoms with Gasteiger partial charge in [0.15, 0.2) is 0 Å². The molecule has 0 saturated heterocycles. The number of nitrogen functional groups attached to an aromatic ring is 1. The van der Waals surface area contributed by atoms with Gasteiger partial charge in [-0.05, 0) is 11.4 Å². The third-order valence-corrected chi connectivity index (χ3v) is 2.94. The zero-order valence-electron chi connectivity index (χ0n) is 6.57. The second kappa shape index (κ2) is 3.32. The number of nitrogens with zero attached hydrogens (tertiary/aromatic N) is 2. The standard InChI is InChI=1S/C8H6ClN3S/c9-6-1-2-13-7(6)5-3-11-8(10)12-4-5/h1-4H,(H2,10,11,12). The van der Waals surface area contributed by atoms with Crippen LogP contribution in [0.15, 0.2) is 23.8 Å². The average molecular weight is 212 g/mol. The van der Waals surface area contributed by atoms with Gasteiger partial charge in [0.05, 0.1) is 9.90 Å². The number of nitrogens with two attached hydrogens (primary N) is 1. The minimum absolute atomic E-state index is 0.274. The second-order valence-corrected chi connectivity index (χ2v) is 3.75. The highest BCUT2D eigenvalue weighted by molar-refractivity contribution is 7.14. The van der Waals surface area contributed by atoms with E-state index in [0.29, 0.717) is 0 Å². The van der Waals surface area contributed by atoms with Gasteiger partial charge in [-0.3, -0.25) is 0 Å². The number of rotatable bonds is 1. The Morgan fingerprint density at radius 3 is 2.54 bits per heavy atom. The van der Waals surface area contributed by atoms with E-state index in [0.717, 1.165) is 15.5 Å². The zero-order chi connectivity index (χ0) is 9.26. The summed E-state index contributed by atoms with van der Waals surface area (Å²) in [5, 5.41) is 2.65. The lowest BCUT2D eigenvalue weighted by atomic mass is 10.3. The number of anilines is 1. The van der Waals surface area contributed by atoms with Crippen LogP contribution in [0.3, 0.4) is 0 Å². The number of halogens is 1. The van der Waals surface area contributed by atoms with Crippen molar-refractivity contribution in [3.63, 3.8) is 0 Å². The van der Waals surface area contributed by atoms with Crippen molar-refractivity contribution in [3.8, 4) is 10.4 Å². The molecule has 0 spiro atoms. The summed E-state index contributed by atoms with van der Waals surface area (Å²) in [7, 11) is 0. The van der Waals surface area contributed by atoms with Crippen molar-refractivity contribution in [2.45, 2.75) is 0 Å². The molecular weight excluding hydrogens is 206 g/mol. The maximum atomic E-state index is 5.94. The molecule has 13 heavy (non-hydrogen) atoms. The third-order valence-electron chi connectivity index (χ3n) is 1.55. The van der Waals surface area contributed by atoms with E-state index in [2.05, 4.69) is 9.97 Å². The van der Waals surface area contributed by atoms with Gasteiger partial charge in [0.2, 0.25) is 5.95 Å². The number of hydrogen-bond acceptors (Lipinski definition) is 4. The Balaban J connectivity index is 2.47. The molecule has 2 N–H and O–H groups in total. The predicted molar refractivity (Wildman–Crippen MR) is 54.8 cm³/mol. The van der Waals surface area contributed by atoms with Gasteiger partial charge in [-0.15, -0.1) is 11.3 Å². The monoisotopic (exact) mass is 211 g/mol. The minimum atomic E-state index is 0.274. The lowest BCUT2D eigenvalue weighted by Gasteiger charge is -1.97. The molecule has 2 heterocycles. The van der Waals surface area contributed by atoms with Crippen LogP contribution in [-0.4, -0.2) is 9.97 Å². The van der Waals surface area contributed by atoms with Crippen LogP contribution in [0.4, 0.5) is 5.95 Å². The Hall–Kier alpha value is -1.13. The average Bonchev–Trinajstić information content (AvgIpc) is 2.53. The maximum Gasteiger partial charge on any atom is 0.219 e. The van der Waals surface area contributed by atoms with E-state index >= 15 is 0 Å². The van der Waals surface area contributed by atoms with Crippen LogP contribution in [0.5, 0.6) is 0 Å². The fourth-order valence-corrected chi connectivity index (χ4v) is 2.10. The highest BCUT2D eigenvalue weighted by Gasteiger charge is 2.04. The maximum absolute atomic E-state index is 5.94. The molecule has 0 atom stereocenters. The van der Waals surface area contributed by atoms with E-state index in [-0.39, 0.29) is 5.95 Å². The van der Waals surface area contributed by atoms with Crippen molar-refractivity contribution >= 4 is 28.9 Å². The van der Waals surface area contributed by atoms with Crippen LogP contribution >= 0.6 is 22.9 Å². The molecule has 0 bridgehead atoms. The van der Waals surface area contributed by atoms with Crippen molar-refractivity contribution in [3.05, 3.63) is 28.9 Å². The molecule has 2 aromatic rings. The first-order valence-electron chi connectivity index (χ1n) is 3.58. The molecule has 0 radical (unpaired) electrons. The molecule has 3 nitrogen and oxygen atoms in total. The number of hydrogen-bond donors (Lipinski definition) is 1. The first-order valence-corrected chi connectivity index (χ1v) is 4.84. The first-order chi connectivity index (χ1) is 6.27. The molecule has 0 fully saturated rings. The molecule has 2 rings (SSSR count). The van der Waals surface area contributed by atoms with Gasteiger partial charge in [-0.2, -0.15) is 0 Å². The number of thiophene rings is 1. The summed E-state index contributed by atoms with van der Waals surface area (Å²) < 4.78 is 0. The van der Waals surface area contributed by atoms with Crippen molar-refractivity contribution < 1.29 is 0 Å². The summed E-state index contributed by atoms with van der Waals surface area (Å²) in [5.41, 5.74) is 6.26. The molecule has 2 aromatic heterocycles. The summed E-state index contributed by atoms with van der Waals surface area (Å²) in [6.45, 7) is 0. The highest BCUT2D eigenvalue weighted by Crippen LogP contribution is 2.32. The van der Waals surface area contributed by atoms with E-state index in [4.69, 9.17) is 17.3 Å². The summed E-state index contributed by atoms with van der Waals surface area (Å²) in [6.07, 6.45) is 3.33. The lowest BCUT2D eigenvalue weighted by Crippen LogP contribution is -1.92. The van der Waals surface area contributed by atoms with Gasteiger partial charge in [0.25, 0.3) is 0 Å². The Morgan fingerprint density at radius 2 is 2.00 bits per heavy atom. The zero-order valence-corrected chi connectivity index (χ0v) is 8.14. The van der Waals surface area contributed by atoms with Gasteiger partial charge in [0.1, 0.15) is 0 Å². The topological polar surface area (TPSA) is 51.8 Å². The fourth-order valence-electron chi connectivity index (χ4n) is 0.955. The quantitative estimate of drug-likeness (QED) is 0.788. The molecule has 0 amide bonds. The van der Waals surface area contributed by atoms with E-state index in [9.17, 15) is 0 Å². The summed E-state index contributed by atoms with van der Waals surface area (Å²) in [6, 6.07) is 1.85. The second-order valence-electron chi connectivity index (χ2n) is 2.43. The van der Waals surface area contributed by atoms with Gasteiger partial charge in [-0.25, -0.2) is 9.97 Å². The van der Waals surface area contributed by atoms with E-state index in [1.807, 2.05) is 11.4 Å². The van der Waals surface area contributed by atoms with Crippen LogP contribution in [-0.2, 0) is 0 Å². The van der Waals surface area contributed by atoms with Crippen molar-refractivity contribution in [1.82, 2.24) is 9.97 Å². The van der Waals surface area contributed by atoms with Gasteiger partial charge >= 0.3 is 0 Å². The molecule has 5 heteroatoms. The first kappa shape index (κ1) is 8.47. The van der Waals surface area contributed by atoms with Gasteiger partial charge < -0.3 is 5.73 Å². The Kier molecular flexibility index (Phi) is 2.16. The fraction of sp³-hybridized carbons (Fsp3) is 0. The Labute approximate surface area is 84.2 Å². The van der Waals surface area contributed by atoms with Crippen molar-refractivity contribution in [2.24, 2.45) is 0 Å². The van der Waals surface area contributed by atoms with Crippen molar-refractivity contribution in [1.29, 1.82) is 0 Å². The summed E-state index contributed by atoms with van der Waals surface area (Å²) in [4.78, 5) is 8.76. The summed E-state index contributed by atoms with van der Waals surface area (Å²) >= 11 is 7.49. The van der Waals surface area contributed by atoms with Gasteiger partial charge in [-0.1, -0.05) is 11.6 Å². The smallest absolute Gasteiger partial charge is 0.219 e. The van der Waals surface area contributed by atoms with Crippen LogP contribution in [0.2, 0.25) is 5.02 Å². The molecule has 0 saturated carbocycles. The van der Waals surface area contributed by atoms with E-state index in [1.165, 1.54) is 0 Å². The Bertz CT molecular complexity index is 410. The highest BCUT2D eigenvalue weighted by atomic mass is 35.5. The molecule has 0 aliphatic carbocycles. The van der Waals surface area contributed by atoms with Crippen LogP contribution in [0.25, 0.3) is 10.4 Å². The Morgan fingerprint density at radius 1 is 1.31 bits per heavy atom. The van der Waals surface area contributed by atoms with Crippen LogP contribution in [0, 0.1) is 0 Å². The van der Waals surface area contributed by atoms with Crippen LogP contribution in [0.1, 0.15) is 0 Å². The molecule has 0 aliphatic rings. The molecule has 0 aliphatic heterocycles. The minimum Gasteiger partial charge on any atom is -0.368 e. The largest absolute Gasteiger partial charge is 0.368 e. The number of aromatic nitrogens is 2. The molecule has 0 unspecified atom stereocenters. The molecule has 66 valence electrons. The van der Waals surface area contributed by atoms with E-state index < -0.39 is 0 Å². The molecule has 0 aromatic carbocycles. The van der Waals surface area contributed by atoms with E-state index in [1.54, 1.807) is 23.7 Å². The summed E-state index contributed by atoms with van der Waals surface area (Å²) in [5.74, 6) is 0.274.